The van der Waals surface area contributed by atoms with Crippen LogP contribution in [0.25, 0.3) is 10.9 Å². The van der Waals surface area contributed by atoms with E-state index in [0.29, 0.717) is 6.04 Å². The maximum atomic E-state index is 5.89. The number of para-hydroxylation sites is 1. The van der Waals surface area contributed by atoms with Gasteiger partial charge in [0.25, 0.3) is 0 Å². The van der Waals surface area contributed by atoms with Crippen molar-refractivity contribution in [3.8, 4) is 0 Å². The molecule has 3 aromatic rings. The number of fused-ring (bicyclic) bond motifs is 1. The highest BCUT2D eigenvalue weighted by Gasteiger charge is 2.25. The molecule has 2 aromatic carbocycles. The number of aromatic amines is 1. The summed E-state index contributed by atoms with van der Waals surface area (Å²) >= 11 is 5.89. The Morgan fingerprint density at radius 1 is 1.15 bits per heavy atom. The molecular weight excluding hydrogens is 350 g/mol. The van der Waals surface area contributed by atoms with Crippen LogP contribution >= 0.6 is 12.2 Å². The lowest BCUT2D eigenvalue weighted by molar-refractivity contribution is 0.313. The quantitative estimate of drug-likeness (QED) is 0.553. The van der Waals surface area contributed by atoms with E-state index in [4.69, 9.17) is 12.2 Å². The van der Waals surface area contributed by atoms with Gasteiger partial charge < -0.3 is 15.2 Å². The zero-order chi connectivity index (χ0) is 18.8. The van der Waals surface area contributed by atoms with E-state index in [2.05, 4.69) is 77.7 Å². The van der Waals surface area contributed by atoms with Crippen LogP contribution in [-0.2, 0) is 6.54 Å². The van der Waals surface area contributed by atoms with Gasteiger partial charge in [-0.15, -0.1) is 0 Å². The summed E-state index contributed by atoms with van der Waals surface area (Å²) in [5.74, 6) is 0. The average Bonchev–Trinajstić information content (AvgIpc) is 3.32. The summed E-state index contributed by atoms with van der Waals surface area (Å²) in [7, 11) is 0. The van der Waals surface area contributed by atoms with Crippen LogP contribution in [0.3, 0.4) is 0 Å². The fourth-order valence-corrected chi connectivity index (χ4v) is 4.49. The lowest BCUT2D eigenvalue weighted by atomic mass is 10.1. The van der Waals surface area contributed by atoms with E-state index in [1.807, 2.05) is 0 Å². The van der Waals surface area contributed by atoms with Crippen molar-refractivity contribution in [3.05, 3.63) is 65.4 Å². The molecule has 1 aromatic heterocycles. The normalized spacial score (nSPS) is 14.6. The van der Waals surface area contributed by atoms with E-state index in [1.165, 1.54) is 53.3 Å². The molecule has 0 atom stereocenters. The van der Waals surface area contributed by atoms with Crippen LogP contribution in [0, 0.1) is 13.8 Å². The summed E-state index contributed by atoms with van der Waals surface area (Å²) in [5.41, 5.74) is 6.10. The molecule has 0 amide bonds. The number of nitrogens with one attached hydrogen (secondary N) is 2. The van der Waals surface area contributed by atoms with Crippen LogP contribution in [-0.4, -0.2) is 21.0 Å². The molecule has 0 bridgehead atoms. The van der Waals surface area contributed by atoms with Crippen LogP contribution in [0.4, 0.5) is 5.69 Å². The average molecular weight is 378 g/mol. The molecule has 0 radical (unpaired) electrons. The van der Waals surface area contributed by atoms with Crippen molar-refractivity contribution in [1.82, 2.24) is 9.88 Å². The van der Waals surface area contributed by atoms with Crippen molar-refractivity contribution in [1.29, 1.82) is 0 Å². The summed E-state index contributed by atoms with van der Waals surface area (Å²) in [4.78, 5) is 5.80. The predicted molar refractivity (Wildman–Crippen MR) is 118 cm³/mol. The third kappa shape index (κ3) is 3.86. The van der Waals surface area contributed by atoms with Crippen molar-refractivity contribution >= 4 is 33.9 Å². The summed E-state index contributed by atoms with van der Waals surface area (Å²) in [5, 5.41) is 5.64. The number of hydrogen-bond acceptors (Lipinski definition) is 1. The first-order valence-electron chi connectivity index (χ1n) is 9.81. The zero-order valence-corrected chi connectivity index (χ0v) is 16.9. The van der Waals surface area contributed by atoms with E-state index in [1.54, 1.807) is 0 Å². The highest BCUT2D eigenvalue weighted by atomic mass is 32.1. The molecule has 1 aliphatic rings. The van der Waals surface area contributed by atoms with Crippen molar-refractivity contribution in [3.63, 3.8) is 0 Å². The molecule has 1 aliphatic carbocycles. The molecule has 27 heavy (non-hydrogen) atoms. The fraction of sp³-hybridized carbons (Fsp3) is 0.348. The Hall–Kier alpha value is -2.33. The Bertz CT molecular complexity index is 953. The SMILES string of the molecule is Cc1ccc(NC(=S)N(Cc2c[nH]c3ccccc23)C2CCCC2)c(C)c1. The van der Waals surface area contributed by atoms with Gasteiger partial charge in [-0.25, -0.2) is 0 Å². The molecular formula is C23H27N3S. The minimum absolute atomic E-state index is 0.518. The van der Waals surface area contributed by atoms with Gasteiger partial charge in [0.05, 0.1) is 0 Å². The first-order chi connectivity index (χ1) is 13.1. The molecule has 1 fully saturated rings. The molecule has 0 saturated heterocycles. The number of rotatable bonds is 4. The van der Waals surface area contributed by atoms with Crippen LogP contribution in [0.2, 0.25) is 0 Å². The summed E-state index contributed by atoms with van der Waals surface area (Å²) < 4.78 is 0. The van der Waals surface area contributed by atoms with E-state index in [0.717, 1.165) is 17.3 Å². The minimum Gasteiger partial charge on any atom is -0.361 e. The molecule has 3 nitrogen and oxygen atoms in total. The van der Waals surface area contributed by atoms with Crippen molar-refractivity contribution < 1.29 is 0 Å². The van der Waals surface area contributed by atoms with E-state index in [-0.39, 0.29) is 0 Å². The number of benzene rings is 2. The van der Waals surface area contributed by atoms with Gasteiger partial charge in [-0.2, -0.15) is 0 Å². The van der Waals surface area contributed by atoms with Gasteiger partial charge in [-0.3, -0.25) is 0 Å². The molecule has 140 valence electrons. The number of thiocarbonyl (C=S) groups is 1. The van der Waals surface area contributed by atoms with Crippen LogP contribution < -0.4 is 5.32 Å². The Morgan fingerprint density at radius 3 is 2.70 bits per heavy atom. The second-order valence-electron chi connectivity index (χ2n) is 7.67. The van der Waals surface area contributed by atoms with Gasteiger partial charge in [0, 0.05) is 35.4 Å². The predicted octanol–water partition coefficient (Wildman–Crippen LogP) is 5.93. The first kappa shape index (κ1) is 18.1. The van der Waals surface area contributed by atoms with Crippen LogP contribution in [0.15, 0.2) is 48.7 Å². The molecule has 4 rings (SSSR count). The maximum Gasteiger partial charge on any atom is 0.173 e. The van der Waals surface area contributed by atoms with Crippen molar-refractivity contribution in [2.75, 3.05) is 5.32 Å². The number of anilines is 1. The van der Waals surface area contributed by atoms with Crippen molar-refractivity contribution in [2.45, 2.75) is 52.1 Å². The largest absolute Gasteiger partial charge is 0.361 e. The monoisotopic (exact) mass is 377 g/mol. The van der Waals surface area contributed by atoms with Crippen LogP contribution in [0.5, 0.6) is 0 Å². The lowest BCUT2D eigenvalue weighted by Crippen LogP contribution is -2.41. The van der Waals surface area contributed by atoms with E-state index < -0.39 is 0 Å². The van der Waals surface area contributed by atoms with Crippen LogP contribution in [0.1, 0.15) is 42.4 Å². The Balaban J connectivity index is 1.59. The second-order valence-corrected chi connectivity index (χ2v) is 8.06. The Morgan fingerprint density at radius 2 is 1.93 bits per heavy atom. The second kappa shape index (κ2) is 7.73. The third-order valence-electron chi connectivity index (χ3n) is 5.67. The van der Waals surface area contributed by atoms with Gasteiger partial charge in [0.1, 0.15) is 0 Å². The molecule has 0 aliphatic heterocycles. The molecule has 4 heteroatoms. The van der Waals surface area contributed by atoms with Gasteiger partial charge in [-0.05, 0) is 62.2 Å². The van der Waals surface area contributed by atoms with Gasteiger partial charge >= 0.3 is 0 Å². The molecule has 0 spiro atoms. The number of nitrogens with zero attached hydrogens (tertiary/aromatic N) is 1. The standard InChI is InChI=1S/C23H27N3S/c1-16-11-12-21(17(2)13-16)25-23(27)26(19-7-3-4-8-19)15-18-14-24-22-10-6-5-9-20(18)22/h5-6,9-14,19,24H,3-4,7-8,15H2,1-2H3,(H,25,27). The summed E-state index contributed by atoms with van der Waals surface area (Å²) in [6.07, 6.45) is 7.16. The Kier molecular flexibility index (Phi) is 5.17. The zero-order valence-electron chi connectivity index (χ0n) is 16.1. The van der Waals surface area contributed by atoms with Gasteiger partial charge in [0.15, 0.2) is 5.11 Å². The molecule has 2 N–H and O–H groups in total. The van der Waals surface area contributed by atoms with E-state index in [9.17, 15) is 0 Å². The van der Waals surface area contributed by atoms with E-state index >= 15 is 0 Å². The van der Waals surface area contributed by atoms with Crippen molar-refractivity contribution in [2.24, 2.45) is 0 Å². The lowest BCUT2D eigenvalue weighted by Gasteiger charge is -2.32. The smallest absolute Gasteiger partial charge is 0.173 e. The highest BCUT2D eigenvalue weighted by Crippen LogP contribution is 2.28. The molecule has 0 unspecified atom stereocenters. The minimum atomic E-state index is 0.518. The topological polar surface area (TPSA) is 31.1 Å². The summed E-state index contributed by atoms with van der Waals surface area (Å²) in [6, 6.07) is 15.5. The number of H-pyrrole nitrogens is 1. The number of aryl methyl sites for hydroxylation is 2. The fourth-order valence-electron chi connectivity index (χ4n) is 4.17. The van der Waals surface area contributed by atoms with Gasteiger partial charge in [0.2, 0.25) is 0 Å². The first-order valence-corrected chi connectivity index (χ1v) is 10.2. The number of aromatic nitrogens is 1. The maximum absolute atomic E-state index is 5.89. The molecule has 1 saturated carbocycles. The number of hydrogen-bond donors (Lipinski definition) is 2. The Labute approximate surface area is 166 Å². The molecule has 1 heterocycles. The third-order valence-corrected chi connectivity index (χ3v) is 6.00. The summed E-state index contributed by atoms with van der Waals surface area (Å²) in [6.45, 7) is 5.10. The highest BCUT2D eigenvalue weighted by molar-refractivity contribution is 7.80. The van der Waals surface area contributed by atoms with Gasteiger partial charge in [-0.1, -0.05) is 48.7 Å².